The van der Waals surface area contributed by atoms with Crippen LogP contribution in [0.4, 0.5) is 5.95 Å². The zero-order valence-electron chi connectivity index (χ0n) is 12.8. The zero-order chi connectivity index (χ0) is 14.3. The van der Waals surface area contributed by atoms with E-state index in [-0.39, 0.29) is 0 Å². The number of anilines is 1. The Hall–Kier alpha value is -1.52. The van der Waals surface area contributed by atoms with Gasteiger partial charge < -0.3 is 5.73 Å². The Morgan fingerprint density at radius 3 is 2.85 bits per heavy atom. The lowest BCUT2D eigenvalue weighted by Gasteiger charge is -2.28. The van der Waals surface area contributed by atoms with E-state index in [1.165, 1.54) is 25.7 Å². The third-order valence-electron chi connectivity index (χ3n) is 4.52. The molecule has 0 bridgehead atoms. The quantitative estimate of drug-likeness (QED) is 0.936. The summed E-state index contributed by atoms with van der Waals surface area (Å²) >= 11 is 0. The van der Waals surface area contributed by atoms with Crippen LogP contribution in [0.15, 0.2) is 0 Å². The number of aryl methyl sites for hydroxylation is 2. The Morgan fingerprint density at radius 2 is 2.15 bits per heavy atom. The molecule has 2 aromatic rings. The Kier molecular flexibility index (Phi) is 3.44. The monoisotopic (exact) mass is 275 g/mol. The Morgan fingerprint density at radius 1 is 1.35 bits per heavy atom. The van der Waals surface area contributed by atoms with E-state index in [9.17, 15) is 0 Å². The van der Waals surface area contributed by atoms with Gasteiger partial charge in [0.15, 0.2) is 5.65 Å². The van der Waals surface area contributed by atoms with Crippen LogP contribution in [0.5, 0.6) is 0 Å². The van der Waals surface area contributed by atoms with Gasteiger partial charge in [0.1, 0.15) is 5.52 Å². The van der Waals surface area contributed by atoms with Crippen molar-refractivity contribution in [2.75, 3.05) is 5.73 Å². The van der Waals surface area contributed by atoms with E-state index >= 15 is 0 Å². The number of nitrogen functional groups attached to an aromatic ring is 1. The Balaban J connectivity index is 2.08. The number of nitrogens with zero attached hydrogens (tertiary/aromatic N) is 4. The third kappa shape index (κ3) is 2.09. The molecule has 2 aromatic heterocycles. The first-order chi connectivity index (χ1) is 9.61. The van der Waals surface area contributed by atoms with Gasteiger partial charge in [-0.2, -0.15) is 5.10 Å². The van der Waals surface area contributed by atoms with Crippen molar-refractivity contribution in [2.45, 2.75) is 58.4 Å². The molecule has 5 nitrogen and oxygen atoms in total. The van der Waals surface area contributed by atoms with Gasteiger partial charge in [0.2, 0.25) is 5.95 Å². The first-order valence-corrected chi connectivity index (χ1v) is 7.81. The number of hydrogen-bond acceptors (Lipinski definition) is 3. The number of imidazole rings is 1. The summed E-state index contributed by atoms with van der Waals surface area (Å²) in [6.45, 7) is 4.51. The van der Waals surface area contributed by atoms with Crippen molar-refractivity contribution in [3.63, 3.8) is 0 Å². The lowest BCUT2D eigenvalue weighted by molar-refractivity contribution is 0.287. The predicted octanol–water partition coefficient (Wildman–Crippen LogP) is 3.06. The number of fused-ring (bicyclic) bond motifs is 1. The van der Waals surface area contributed by atoms with Crippen LogP contribution in [-0.4, -0.2) is 19.3 Å². The molecular formula is C15H25N5. The van der Waals surface area contributed by atoms with Gasteiger partial charge in [-0.25, -0.2) is 4.98 Å². The van der Waals surface area contributed by atoms with Gasteiger partial charge in [-0.15, -0.1) is 0 Å². The highest BCUT2D eigenvalue weighted by Crippen LogP contribution is 2.36. The van der Waals surface area contributed by atoms with Gasteiger partial charge in [0.05, 0.1) is 5.69 Å². The van der Waals surface area contributed by atoms with Crippen molar-refractivity contribution in [2.24, 2.45) is 13.0 Å². The summed E-state index contributed by atoms with van der Waals surface area (Å²) < 4.78 is 4.19. The molecule has 0 radical (unpaired) electrons. The fourth-order valence-corrected chi connectivity index (χ4v) is 3.62. The van der Waals surface area contributed by atoms with Crippen molar-refractivity contribution in [1.29, 1.82) is 0 Å². The fourth-order valence-electron chi connectivity index (χ4n) is 3.62. The second-order valence-corrected chi connectivity index (χ2v) is 6.26. The predicted molar refractivity (Wildman–Crippen MR) is 81.6 cm³/mol. The molecule has 1 fully saturated rings. The van der Waals surface area contributed by atoms with Gasteiger partial charge in [0.25, 0.3) is 0 Å². The number of hydrogen-bond donors (Lipinski definition) is 1. The molecule has 5 heteroatoms. The summed E-state index contributed by atoms with van der Waals surface area (Å²) in [5.74, 6) is 1.43. The van der Waals surface area contributed by atoms with Crippen molar-refractivity contribution in [1.82, 2.24) is 19.3 Å². The zero-order valence-corrected chi connectivity index (χ0v) is 12.8. The van der Waals surface area contributed by atoms with Crippen molar-refractivity contribution < 1.29 is 0 Å². The van der Waals surface area contributed by atoms with Gasteiger partial charge >= 0.3 is 0 Å². The average Bonchev–Trinajstić information content (AvgIpc) is 2.88. The van der Waals surface area contributed by atoms with Gasteiger partial charge in [-0.3, -0.25) is 9.25 Å². The maximum Gasteiger partial charge on any atom is 0.202 e. The molecule has 1 aliphatic rings. The van der Waals surface area contributed by atoms with Crippen LogP contribution in [0.2, 0.25) is 0 Å². The van der Waals surface area contributed by atoms with Crippen LogP contribution in [0.25, 0.3) is 11.2 Å². The molecule has 0 saturated heterocycles. The molecule has 2 N–H and O–H groups in total. The Labute approximate surface area is 120 Å². The van der Waals surface area contributed by atoms with E-state index in [2.05, 4.69) is 28.5 Å². The SMILES string of the molecule is CCCc1nn(C)c2c1nc(N)n2C1CCCC(C)C1. The average molecular weight is 275 g/mol. The van der Waals surface area contributed by atoms with Crippen LogP contribution in [0.3, 0.4) is 0 Å². The molecule has 20 heavy (non-hydrogen) atoms. The van der Waals surface area contributed by atoms with Crippen LogP contribution in [-0.2, 0) is 13.5 Å². The van der Waals surface area contributed by atoms with Gasteiger partial charge in [-0.1, -0.05) is 33.1 Å². The largest absolute Gasteiger partial charge is 0.369 e. The van der Waals surface area contributed by atoms with E-state index in [4.69, 9.17) is 5.73 Å². The first-order valence-electron chi connectivity index (χ1n) is 7.81. The highest BCUT2D eigenvalue weighted by Gasteiger charge is 2.26. The third-order valence-corrected chi connectivity index (χ3v) is 4.52. The van der Waals surface area contributed by atoms with Gasteiger partial charge in [-0.05, 0) is 25.2 Å². The highest BCUT2D eigenvalue weighted by molar-refractivity contribution is 5.78. The van der Waals surface area contributed by atoms with Crippen LogP contribution >= 0.6 is 0 Å². The topological polar surface area (TPSA) is 61.7 Å². The van der Waals surface area contributed by atoms with E-state index in [1.54, 1.807) is 0 Å². The second-order valence-electron chi connectivity index (χ2n) is 6.26. The lowest BCUT2D eigenvalue weighted by atomic mass is 9.87. The van der Waals surface area contributed by atoms with E-state index in [1.807, 2.05) is 11.7 Å². The maximum absolute atomic E-state index is 6.22. The minimum atomic E-state index is 0.480. The smallest absolute Gasteiger partial charge is 0.202 e. The van der Waals surface area contributed by atoms with Crippen LogP contribution in [0, 0.1) is 5.92 Å². The molecule has 1 aliphatic carbocycles. The molecule has 110 valence electrons. The number of nitrogens with two attached hydrogens (primary N) is 1. The number of rotatable bonds is 3. The molecule has 1 saturated carbocycles. The summed E-state index contributed by atoms with van der Waals surface area (Å²) in [7, 11) is 2.01. The highest BCUT2D eigenvalue weighted by atomic mass is 15.4. The molecule has 2 unspecified atom stereocenters. The standard InChI is InChI=1S/C15H25N5/c1-4-6-12-13-14(19(3)18-12)20(15(16)17-13)11-8-5-7-10(2)9-11/h10-11H,4-9H2,1-3H3,(H2,16,17). The second kappa shape index (κ2) is 5.11. The molecule has 0 aliphatic heterocycles. The number of aromatic nitrogens is 4. The molecule has 2 heterocycles. The fraction of sp³-hybridized carbons (Fsp3) is 0.733. The maximum atomic E-state index is 6.22. The molecule has 0 spiro atoms. The van der Waals surface area contributed by atoms with E-state index in [0.29, 0.717) is 12.0 Å². The molecular weight excluding hydrogens is 250 g/mol. The van der Waals surface area contributed by atoms with Gasteiger partial charge in [0, 0.05) is 13.1 Å². The first kappa shape index (κ1) is 13.5. The summed E-state index contributed by atoms with van der Waals surface area (Å²) in [4.78, 5) is 4.61. The molecule has 0 amide bonds. The van der Waals surface area contributed by atoms with Crippen molar-refractivity contribution in [3.8, 4) is 0 Å². The minimum Gasteiger partial charge on any atom is -0.369 e. The summed E-state index contributed by atoms with van der Waals surface area (Å²) in [6.07, 6.45) is 7.07. The van der Waals surface area contributed by atoms with Crippen LogP contribution in [0.1, 0.15) is 57.7 Å². The summed E-state index contributed by atoms with van der Waals surface area (Å²) in [5, 5.41) is 4.63. The minimum absolute atomic E-state index is 0.480. The summed E-state index contributed by atoms with van der Waals surface area (Å²) in [5.41, 5.74) is 9.41. The van der Waals surface area contributed by atoms with E-state index < -0.39 is 0 Å². The van der Waals surface area contributed by atoms with Crippen molar-refractivity contribution in [3.05, 3.63) is 5.69 Å². The molecule has 3 rings (SSSR count). The van der Waals surface area contributed by atoms with Crippen molar-refractivity contribution >= 4 is 17.1 Å². The van der Waals surface area contributed by atoms with E-state index in [0.717, 1.165) is 35.6 Å². The van der Waals surface area contributed by atoms with Crippen LogP contribution < -0.4 is 5.73 Å². The molecule has 2 atom stereocenters. The normalized spacial score (nSPS) is 23.6. The summed E-state index contributed by atoms with van der Waals surface area (Å²) in [6, 6.07) is 0.480. The molecule has 0 aromatic carbocycles. The Bertz CT molecular complexity index is 609. The lowest BCUT2D eigenvalue weighted by Crippen LogP contribution is -2.20.